The molecule has 1 atom stereocenters. The van der Waals surface area contributed by atoms with Gasteiger partial charge in [0, 0.05) is 38.3 Å². The molecule has 0 N–H and O–H groups in total. The van der Waals surface area contributed by atoms with Gasteiger partial charge >= 0.3 is 0 Å². The topological polar surface area (TPSA) is 63.9 Å². The molecule has 3 rings (SSSR count). The second-order valence-corrected chi connectivity index (χ2v) is 5.75. The number of carbonyl (C=O) groups excluding carboxylic acids is 1. The fraction of sp³-hybridized carbons (Fsp3) is 0.467. The van der Waals surface area contributed by atoms with Crippen molar-refractivity contribution in [1.82, 2.24) is 24.4 Å². The zero-order valence-corrected chi connectivity index (χ0v) is 13.2. The van der Waals surface area contributed by atoms with Gasteiger partial charge in [-0.2, -0.15) is 0 Å². The minimum Gasteiger partial charge on any atom is -0.334 e. The number of amides is 1. The average Bonchev–Trinajstić information content (AvgIpc) is 3.16. The minimum atomic E-state index is 0.0126. The lowest BCUT2D eigenvalue weighted by Gasteiger charge is -2.23. The van der Waals surface area contributed by atoms with Gasteiger partial charge in [0.2, 0.25) is 5.91 Å². The molecule has 0 aromatic carbocycles. The van der Waals surface area contributed by atoms with Crippen molar-refractivity contribution in [3.63, 3.8) is 0 Å². The van der Waals surface area contributed by atoms with Crippen molar-refractivity contribution in [2.45, 2.75) is 25.3 Å². The highest BCUT2D eigenvalue weighted by Crippen LogP contribution is 2.31. The maximum Gasteiger partial charge on any atom is 0.224 e. The van der Waals surface area contributed by atoms with E-state index in [1.54, 1.807) is 18.6 Å². The third-order valence-corrected chi connectivity index (χ3v) is 4.13. The first-order valence-electron chi connectivity index (χ1n) is 7.36. The number of aromatic nitrogens is 4. The summed E-state index contributed by atoms with van der Waals surface area (Å²) in [5.74, 6) is 1.22. The second-order valence-electron chi connectivity index (χ2n) is 5.37. The molecule has 1 unspecified atom stereocenters. The Labute approximate surface area is 134 Å². The summed E-state index contributed by atoms with van der Waals surface area (Å²) in [5.41, 5.74) is 1.56. The van der Waals surface area contributed by atoms with Crippen molar-refractivity contribution in [3.8, 4) is 11.5 Å². The van der Waals surface area contributed by atoms with E-state index in [1.165, 1.54) is 0 Å². The van der Waals surface area contributed by atoms with Gasteiger partial charge in [0.1, 0.15) is 5.69 Å². The predicted molar refractivity (Wildman–Crippen MR) is 83.3 cm³/mol. The Morgan fingerprint density at radius 1 is 1.36 bits per heavy atom. The Bertz CT molecular complexity index is 654. The van der Waals surface area contributed by atoms with E-state index >= 15 is 0 Å². The van der Waals surface area contributed by atoms with Crippen LogP contribution in [-0.2, 0) is 11.8 Å². The van der Waals surface area contributed by atoms with Crippen molar-refractivity contribution in [2.24, 2.45) is 7.05 Å². The zero-order chi connectivity index (χ0) is 15.5. The molecule has 1 fully saturated rings. The molecule has 2 aromatic rings. The van der Waals surface area contributed by atoms with Gasteiger partial charge in [-0.25, -0.2) is 9.97 Å². The fourth-order valence-electron chi connectivity index (χ4n) is 2.84. The highest BCUT2D eigenvalue weighted by molar-refractivity contribution is 6.18. The van der Waals surface area contributed by atoms with Crippen LogP contribution in [0.2, 0.25) is 0 Å². The van der Waals surface area contributed by atoms with E-state index in [4.69, 9.17) is 11.6 Å². The number of imidazole rings is 1. The molecule has 6 nitrogen and oxygen atoms in total. The summed E-state index contributed by atoms with van der Waals surface area (Å²) >= 11 is 5.68. The van der Waals surface area contributed by atoms with Crippen LogP contribution in [0.1, 0.15) is 31.0 Å². The van der Waals surface area contributed by atoms with Crippen LogP contribution < -0.4 is 0 Å². The Morgan fingerprint density at radius 3 is 2.86 bits per heavy atom. The Morgan fingerprint density at radius 2 is 2.23 bits per heavy atom. The van der Waals surface area contributed by atoms with Gasteiger partial charge in [-0.15, -0.1) is 11.6 Å². The molecule has 0 aliphatic carbocycles. The lowest BCUT2D eigenvalue weighted by molar-refractivity contribution is -0.131. The summed E-state index contributed by atoms with van der Waals surface area (Å²) in [6.45, 7) is 0.767. The normalized spacial score (nSPS) is 17.9. The van der Waals surface area contributed by atoms with Crippen molar-refractivity contribution < 1.29 is 4.79 Å². The van der Waals surface area contributed by atoms with Crippen LogP contribution in [0.25, 0.3) is 11.5 Å². The second kappa shape index (κ2) is 6.44. The minimum absolute atomic E-state index is 0.0126. The number of rotatable bonds is 4. The predicted octanol–water partition coefficient (Wildman–Crippen LogP) is 2.17. The summed E-state index contributed by atoms with van der Waals surface area (Å²) in [6, 6.07) is 0.0126. The summed E-state index contributed by atoms with van der Waals surface area (Å²) in [7, 11) is 1.92. The highest BCUT2D eigenvalue weighted by Gasteiger charge is 2.30. The average molecular weight is 320 g/mol. The van der Waals surface area contributed by atoms with Crippen LogP contribution in [-0.4, -0.2) is 42.8 Å². The fourth-order valence-corrected chi connectivity index (χ4v) is 3.00. The first-order valence-corrected chi connectivity index (χ1v) is 7.89. The number of likely N-dealkylation sites (tertiary alicyclic amines) is 1. The molecule has 0 spiro atoms. The zero-order valence-electron chi connectivity index (χ0n) is 12.4. The highest BCUT2D eigenvalue weighted by atomic mass is 35.5. The lowest BCUT2D eigenvalue weighted by atomic mass is 10.1. The van der Waals surface area contributed by atoms with Gasteiger partial charge in [0.25, 0.3) is 0 Å². The largest absolute Gasteiger partial charge is 0.334 e. The monoisotopic (exact) mass is 319 g/mol. The van der Waals surface area contributed by atoms with E-state index in [0.717, 1.165) is 36.6 Å². The van der Waals surface area contributed by atoms with Gasteiger partial charge < -0.3 is 9.47 Å². The summed E-state index contributed by atoms with van der Waals surface area (Å²) in [5, 5.41) is 0. The maximum absolute atomic E-state index is 12.1. The molecule has 0 radical (unpaired) electrons. The summed E-state index contributed by atoms with van der Waals surface area (Å²) in [6.07, 6.45) is 9.35. The van der Waals surface area contributed by atoms with Gasteiger partial charge in [0.05, 0.1) is 24.1 Å². The van der Waals surface area contributed by atoms with Crippen molar-refractivity contribution in [2.75, 3.05) is 12.4 Å². The lowest BCUT2D eigenvalue weighted by Crippen LogP contribution is -2.31. The molecular weight excluding hydrogens is 302 g/mol. The number of alkyl halides is 1. The third-order valence-electron chi connectivity index (χ3n) is 3.95. The van der Waals surface area contributed by atoms with Crippen LogP contribution in [0.15, 0.2) is 24.8 Å². The Balaban J connectivity index is 1.80. The molecule has 116 valence electrons. The number of aryl methyl sites for hydroxylation is 1. The molecular formula is C15H18ClN5O. The van der Waals surface area contributed by atoms with E-state index in [2.05, 4.69) is 15.0 Å². The van der Waals surface area contributed by atoms with Crippen molar-refractivity contribution in [1.29, 1.82) is 0 Å². The quantitative estimate of drug-likeness (QED) is 0.810. The molecule has 0 saturated carbocycles. The SMILES string of the molecule is Cn1ccnc1-c1cnc(C2CCCN2C(=O)CCCl)cn1. The van der Waals surface area contributed by atoms with E-state index < -0.39 is 0 Å². The van der Waals surface area contributed by atoms with E-state index in [1.807, 2.05) is 22.7 Å². The molecule has 1 amide bonds. The number of halogens is 1. The molecule has 3 heterocycles. The van der Waals surface area contributed by atoms with Crippen molar-refractivity contribution >= 4 is 17.5 Å². The maximum atomic E-state index is 12.1. The first kappa shape index (κ1) is 15.0. The molecule has 1 aliphatic heterocycles. The van der Waals surface area contributed by atoms with Gasteiger partial charge in [-0.05, 0) is 12.8 Å². The molecule has 0 bridgehead atoms. The van der Waals surface area contributed by atoms with E-state index in [-0.39, 0.29) is 11.9 Å². The van der Waals surface area contributed by atoms with Crippen LogP contribution in [0, 0.1) is 0 Å². The Kier molecular flexibility index (Phi) is 4.38. The van der Waals surface area contributed by atoms with Crippen LogP contribution >= 0.6 is 11.6 Å². The van der Waals surface area contributed by atoms with E-state index in [0.29, 0.717) is 12.3 Å². The number of nitrogens with zero attached hydrogens (tertiary/aromatic N) is 5. The molecule has 1 aliphatic rings. The standard InChI is InChI=1S/C15H18ClN5O/c1-20-8-6-17-15(20)12-10-18-11(9-19-12)13-3-2-7-21(13)14(22)4-5-16/h6,8-10,13H,2-5,7H2,1H3. The van der Waals surface area contributed by atoms with Crippen LogP contribution in [0.3, 0.4) is 0 Å². The van der Waals surface area contributed by atoms with Crippen molar-refractivity contribution in [3.05, 3.63) is 30.5 Å². The van der Waals surface area contributed by atoms with Crippen LogP contribution in [0.4, 0.5) is 0 Å². The number of hydrogen-bond acceptors (Lipinski definition) is 4. The smallest absolute Gasteiger partial charge is 0.224 e. The van der Waals surface area contributed by atoms with Gasteiger partial charge in [-0.1, -0.05) is 0 Å². The van der Waals surface area contributed by atoms with Gasteiger partial charge in [-0.3, -0.25) is 9.78 Å². The summed E-state index contributed by atoms with van der Waals surface area (Å²) < 4.78 is 1.90. The molecule has 1 saturated heterocycles. The van der Waals surface area contributed by atoms with E-state index in [9.17, 15) is 4.79 Å². The molecule has 2 aromatic heterocycles. The van der Waals surface area contributed by atoms with Crippen LogP contribution in [0.5, 0.6) is 0 Å². The molecule has 7 heteroatoms. The summed E-state index contributed by atoms with van der Waals surface area (Å²) in [4.78, 5) is 27.2. The van der Waals surface area contributed by atoms with Gasteiger partial charge in [0.15, 0.2) is 5.82 Å². The number of carbonyl (C=O) groups is 1. The number of hydrogen-bond donors (Lipinski definition) is 0. The Hall–Kier alpha value is -1.95. The molecule has 22 heavy (non-hydrogen) atoms. The third kappa shape index (κ3) is 2.83. The first-order chi connectivity index (χ1) is 10.7.